The van der Waals surface area contributed by atoms with Crippen LogP contribution in [0.25, 0.3) is 0 Å². The highest BCUT2D eigenvalue weighted by Gasteiger charge is 2.11. The normalized spacial score (nSPS) is 14.2. The molecule has 1 amide bonds. The van der Waals surface area contributed by atoms with Crippen LogP contribution in [0, 0.1) is 11.8 Å². The van der Waals surface area contributed by atoms with E-state index in [-0.39, 0.29) is 11.8 Å². The lowest BCUT2D eigenvalue weighted by Crippen LogP contribution is -2.30. The van der Waals surface area contributed by atoms with Crippen molar-refractivity contribution in [2.24, 2.45) is 11.8 Å². The molecule has 0 rings (SSSR count). The van der Waals surface area contributed by atoms with Crippen molar-refractivity contribution in [1.29, 1.82) is 0 Å². The van der Waals surface area contributed by atoms with E-state index in [2.05, 4.69) is 26.1 Å². The first-order chi connectivity index (χ1) is 8.61. The molecular formula is C16H33NO. The first kappa shape index (κ1) is 17.5. The second-order valence-corrected chi connectivity index (χ2v) is 5.70. The van der Waals surface area contributed by atoms with Gasteiger partial charge in [-0.2, -0.15) is 0 Å². The van der Waals surface area contributed by atoms with Crippen LogP contribution in [0.4, 0.5) is 0 Å². The molecule has 0 saturated carbocycles. The Kier molecular flexibility index (Phi) is 11.2. The molecule has 0 heterocycles. The van der Waals surface area contributed by atoms with E-state index >= 15 is 0 Å². The van der Waals surface area contributed by atoms with E-state index in [9.17, 15) is 4.79 Å². The third kappa shape index (κ3) is 9.49. The van der Waals surface area contributed by atoms with E-state index in [0.29, 0.717) is 0 Å². The molecule has 2 atom stereocenters. The molecule has 0 fully saturated rings. The molecule has 0 spiro atoms. The van der Waals surface area contributed by atoms with Gasteiger partial charge in [-0.05, 0) is 18.8 Å². The summed E-state index contributed by atoms with van der Waals surface area (Å²) in [5.41, 5.74) is 0. The van der Waals surface area contributed by atoms with Gasteiger partial charge in [0.05, 0.1) is 0 Å². The number of nitrogens with one attached hydrogen (secondary N) is 1. The van der Waals surface area contributed by atoms with Crippen molar-refractivity contribution in [3.05, 3.63) is 0 Å². The van der Waals surface area contributed by atoms with Gasteiger partial charge < -0.3 is 5.32 Å². The minimum absolute atomic E-state index is 0.186. The zero-order chi connectivity index (χ0) is 13.8. The summed E-state index contributed by atoms with van der Waals surface area (Å²) in [7, 11) is 0. The summed E-state index contributed by atoms with van der Waals surface area (Å²) in [6, 6.07) is 0. The highest BCUT2D eigenvalue weighted by atomic mass is 16.1. The fourth-order valence-corrected chi connectivity index (χ4v) is 2.04. The standard InChI is InChI=1S/C16H33NO/c1-5-7-8-12-15(4)16(18)17-13-10-9-11-14(3)6-2/h14-15H,5-13H2,1-4H3,(H,17,18). The molecule has 0 aromatic heterocycles. The first-order valence-electron chi connectivity index (χ1n) is 7.89. The minimum Gasteiger partial charge on any atom is -0.356 e. The van der Waals surface area contributed by atoms with Gasteiger partial charge in [0.25, 0.3) is 0 Å². The van der Waals surface area contributed by atoms with E-state index in [0.717, 1.165) is 25.3 Å². The zero-order valence-corrected chi connectivity index (χ0v) is 12.9. The van der Waals surface area contributed by atoms with E-state index in [1.807, 2.05) is 6.92 Å². The van der Waals surface area contributed by atoms with Gasteiger partial charge in [-0.3, -0.25) is 4.79 Å². The van der Waals surface area contributed by atoms with Gasteiger partial charge in [-0.25, -0.2) is 0 Å². The predicted octanol–water partition coefficient (Wildman–Crippen LogP) is 4.54. The number of carbonyl (C=O) groups is 1. The molecule has 2 nitrogen and oxygen atoms in total. The summed E-state index contributed by atoms with van der Waals surface area (Å²) < 4.78 is 0. The van der Waals surface area contributed by atoms with E-state index < -0.39 is 0 Å². The first-order valence-corrected chi connectivity index (χ1v) is 7.89. The lowest BCUT2D eigenvalue weighted by Gasteiger charge is -2.12. The molecule has 2 unspecified atom stereocenters. The van der Waals surface area contributed by atoms with Crippen molar-refractivity contribution in [1.82, 2.24) is 5.32 Å². The molecule has 0 aromatic carbocycles. The van der Waals surface area contributed by atoms with E-state index in [4.69, 9.17) is 0 Å². The maximum absolute atomic E-state index is 11.8. The number of rotatable bonds is 11. The molecule has 0 bridgehead atoms. The fourth-order valence-electron chi connectivity index (χ4n) is 2.04. The smallest absolute Gasteiger partial charge is 0.222 e. The molecule has 108 valence electrons. The number of carbonyl (C=O) groups excluding carboxylic acids is 1. The lowest BCUT2D eigenvalue weighted by atomic mass is 10.0. The van der Waals surface area contributed by atoms with Crippen LogP contribution >= 0.6 is 0 Å². The third-order valence-corrected chi connectivity index (χ3v) is 3.81. The molecule has 18 heavy (non-hydrogen) atoms. The highest BCUT2D eigenvalue weighted by molar-refractivity contribution is 5.78. The molecule has 0 radical (unpaired) electrons. The Balaban J connectivity index is 3.46. The second kappa shape index (κ2) is 11.6. The molecule has 2 heteroatoms. The van der Waals surface area contributed by atoms with Crippen LogP contribution in [0.5, 0.6) is 0 Å². The summed E-state index contributed by atoms with van der Waals surface area (Å²) in [6.07, 6.45) is 9.60. The minimum atomic E-state index is 0.186. The van der Waals surface area contributed by atoms with Crippen molar-refractivity contribution in [3.8, 4) is 0 Å². The molecular weight excluding hydrogens is 222 g/mol. The fraction of sp³-hybridized carbons (Fsp3) is 0.938. The van der Waals surface area contributed by atoms with Gasteiger partial charge in [0.2, 0.25) is 5.91 Å². The van der Waals surface area contributed by atoms with Crippen molar-refractivity contribution < 1.29 is 4.79 Å². The largest absolute Gasteiger partial charge is 0.356 e. The van der Waals surface area contributed by atoms with Crippen LogP contribution in [0.2, 0.25) is 0 Å². The van der Waals surface area contributed by atoms with Gasteiger partial charge in [0.15, 0.2) is 0 Å². The predicted molar refractivity (Wildman–Crippen MR) is 79.6 cm³/mol. The Hall–Kier alpha value is -0.530. The Morgan fingerprint density at radius 3 is 2.28 bits per heavy atom. The Morgan fingerprint density at radius 1 is 1.00 bits per heavy atom. The highest BCUT2D eigenvalue weighted by Crippen LogP contribution is 2.11. The molecule has 0 saturated heterocycles. The van der Waals surface area contributed by atoms with E-state index in [1.165, 1.54) is 38.5 Å². The average Bonchev–Trinajstić information content (AvgIpc) is 2.37. The Bertz CT molecular complexity index is 203. The van der Waals surface area contributed by atoms with Gasteiger partial charge in [-0.15, -0.1) is 0 Å². The van der Waals surface area contributed by atoms with Crippen LogP contribution in [0.3, 0.4) is 0 Å². The lowest BCUT2D eigenvalue weighted by molar-refractivity contribution is -0.124. The van der Waals surface area contributed by atoms with Crippen LogP contribution in [0.15, 0.2) is 0 Å². The molecule has 0 aliphatic rings. The third-order valence-electron chi connectivity index (χ3n) is 3.81. The monoisotopic (exact) mass is 255 g/mol. The van der Waals surface area contributed by atoms with Crippen LogP contribution in [0.1, 0.15) is 79.1 Å². The Morgan fingerprint density at radius 2 is 1.67 bits per heavy atom. The maximum Gasteiger partial charge on any atom is 0.222 e. The summed E-state index contributed by atoms with van der Waals surface area (Å²) in [4.78, 5) is 11.8. The van der Waals surface area contributed by atoms with Crippen LogP contribution in [-0.4, -0.2) is 12.5 Å². The number of amides is 1. The topological polar surface area (TPSA) is 29.1 Å². The zero-order valence-electron chi connectivity index (χ0n) is 12.9. The average molecular weight is 255 g/mol. The van der Waals surface area contributed by atoms with Crippen LogP contribution < -0.4 is 5.32 Å². The quantitative estimate of drug-likeness (QED) is 0.540. The number of unbranched alkanes of at least 4 members (excludes halogenated alkanes) is 3. The van der Waals surface area contributed by atoms with Gasteiger partial charge >= 0.3 is 0 Å². The summed E-state index contributed by atoms with van der Waals surface area (Å²) in [6.45, 7) is 9.64. The van der Waals surface area contributed by atoms with Crippen molar-refractivity contribution in [2.75, 3.05) is 6.54 Å². The summed E-state index contributed by atoms with van der Waals surface area (Å²) in [5.74, 6) is 1.26. The number of hydrogen-bond donors (Lipinski definition) is 1. The maximum atomic E-state index is 11.8. The Labute approximate surface area is 114 Å². The molecule has 0 aromatic rings. The summed E-state index contributed by atoms with van der Waals surface area (Å²) in [5, 5.41) is 3.06. The van der Waals surface area contributed by atoms with Crippen LogP contribution in [-0.2, 0) is 4.79 Å². The molecule has 0 aliphatic carbocycles. The molecule has 1 N–H and O–H groups in total. The van der Waals surface area contributed by atoms with Gasteiger partial charge in [0.1, 0.15) is 0 Å². The molecule has 0 aliphatic heterocycles. The second-order valence-electron chi connectivity index (χ2n) is 5.70. The summed E-state index contributed by atoms with van der Waals surface area (Å²) >= 11 is 0. The van der Waals surface area contributed by atoms with Gasteiger partial charge in [-0.1, -0.05) is 66.2 Å². The number of hydrogen-bond acceptors (Lipinski definition) is 1. The van der Waals surface area contributed by atoms with E-state index in [1.54, 1.807) is 0 Å². The van der Waals surface area contributed by atoms with Crippen molar-refractivity contribution >= 4 is 5.91 Å². The SMILES string of the molecule is CCCCCC(C)C(=O)NCCCCC(C)CC. The van der Waals surface area contributed by atoms with Gasteiger partial charge in [0, 0.05) is 12.5 Å². The van der Waals surface area contributed by atoms with Crippen molar-refractivity contribution in [2.45, 2.75) is 79.1 Å². The van der Waals surface area contributed by atoms with Crippen molar-refractivity contribution in [3.63, 3.8) is 0 Å².